The monoisotopic (exact) mass is 670 g/mol. The Kier molecular flexibility index (Phi) is 6.05. The third-order valence-electron chi connectivity index (χ3n) is 9.88. The van der Waals surface area contributed by atoms with E-state index in [0.717, 1.165) is 49.0 Å². The van der Waals surface area contributed by atoms with Crippen LogP contribution in [0.2, 0.25) is 0 Å². The molecule has 0 fully saturated rings. The molecule has 0 unspecified atom stereocenters. The van der Waals surface area contributed by atoms with E-state index in [9.17, 15) is 0 Å². The van der Waals surface area contributed by atoms with Crippen LogP contribution < -0.4 is 0 Å². The number of para-hydroxylation sites is 4. The molecule has 0 aliphatic heterocycles. The first-order chi connectivity index (χ1) is 25.3. The van der Waals surface area contributed by atoms with Crippen LogP contribution in [0.4, 0.5) is 0 Å². The summed E-state index contributed by atoms with van der Waals surface area (Å²) in [4.78, 5) is 15.4. The summed E-state index contributed by atoms with van der Waals surface area (Å²) in [5, 5.41) is 6.99. The van der Waals surface area contributed by atoms with E-state index in [1.807, 2.05) is 60.7 Å². The number of hydrogen-bond donors (Lipinski definition) is 0. The van der Waals surface area contributed by atoms with E-state index in [1.54, 1.807) is 11.3 Å². The molecule has 0 aliphatic rings. The number of aromatic nitrogens is 4. The largest absolute Gasteiger partial charge is 0.455 e. The van der Waals surface area contributed by atoms with Gasteiger partial charge in [-0.25, -0.2) is 15.0 Å². The molecular weight excluding hydrogens is 645 g/mol. The number of furan rings is 1. The van der Waals surface area contributed by atoms with Gasteiger partial charge in [0.1, 0.15) is 11.2 Å². The molecular formula is C45H26N4OS. The average molecular weight is 671 g/mol. The summed E-state index contributed by atoms with van der Waals surface area (Å²) in [5.41, 5.74) is 7.88. The number of thiophene rings is 1. The third-order valence-corrected chi connectivity index (χ3v) is 11.1. The maximum absolute atomic E-state index is 6.45. The Morgan fingerprint density at radius 1 is 0.451 bits per heavy atom. The Morgan fingerprint density at radius 2 is 1.04 bits per heavy atom. The molecule has 0 bridgehead atoms. The van der Waals surface area contributed by atoms with Crippen molar-refractivity contribution in [2.24, 2.45) is 0 Å². The molecule has 0 atom stereocenters. The fourth-order valence-corrected chi connectivity index (χ4v) is 8.86. The molecule has 4 heterocycles. The Balaban J connectivity index is 1.18. The van der Waals surface area contributed by atoms with Crippen molar-refractivity contribution in [3.8, 4) is 39.9 Å². The van der Waals surface area contributed by atoms with Gasteiger partial charge in [-0.2, -0.15) is 0 Å². The van der Waals surface area contributed by atoms with Gasteiger partial charge in [0.15, 0.2) is 17.5 Å². The van der Waals surface area contributed by atoms with Crippen molar-refractivity contribution in [3.05, 3.63) is 158 Å². The van der Waals surface area contributed by atoms with E-state index in [0.29, 0.717) is 17.5 Å². The zero-order valence-electron chi connectivity index (χ0n) is 27.1. The third kappa shape index (κ3) is 4.24. The van der Waals surface area contributed by atoms with Gasteiger partial charge in [0.05, 0.1) is 22.3 Å². The van der Waals surface area contributed by atoms with Crippen LogP contribution in [0, 0.1) is 0 Å². The average Bonchev–Trinajstić information content (AvgIpc) is 3.88. The summed E-state index contributed by atoms with van der Waals surface area (Å²) in [6.07, 6.45) is 0. The lowest BCUT2D eigenvalue weighted by atomic mass is 10.1. The van der Waals surface area contributed by atoms with Crippen LogP contribution in [0.5, 0.6) is 0 Å². The fourth-order valence-electron chi connectivity index (χ4n) is 7.63. The predicted octanol–water partition coefficient (Wildman–Crippen LogP) is 12.2. The number of nitrogens with zero attached hydrogens (tertiary/aromatic N) is 4. The van der Waals surface area contributed by atoms with Crippen molar-refractivity contribution in [2.45, 2.75) is 0 Å². The molecule has 11 rings (SSSR count). The van der Waals surface area contributed by atoms with E-state index >= 15 is 0 Å². The first kappa shape index (κ1) is 28.2. The quantitative estimate of drug-likeness (QED) is 0.187. The maximum atomic E-state index is 6.45. The lowest BCUT2D eigenvalue weighted by Crippen LogP contribution is -2.00. The van der Waals surface area contributed by atoms with Gasteiger partial charge in [0.25, 0.3) is 0 Å². The van der Waals surface area contributed by atoms with E-state index < -0.39 is 0 Å². The Morgan fingerprint density at radius 3 is 1.82 bits per heavy atom. The van der Waals surface area contributed by atoms with Crippen LogP contribution in [-0.4, -0.2) is 19.5 Å². The molecule has 0 spiro atoms. The van der Waals surface area contributed by atoms with E-state index in [2.05, 4.69) is 102 Å². The highest BCUT2D eigenvalue weighted by Crippen LogP contribution is 2.44. The van der Waals surface area contributed by atoms with Gasteiger partial charge < -0.3 is 8.98 Å². The Hall–Kier alpha value is -6.63. The summed E-state index contributed by atoms with van der Waals surface area (Å²) >= 11 is 1.78. The van der Waals surface area contributed by atoms with Gasteiger partial charge >= 0.3 is 0 Å². The summed E-state index contributed by atoms with van der Waals surface area (Å²) in [6.45, 7) is 0. The van der Waals surface area contributed by atoms with Crippen molar-refractivity contribution >= 4 is 75.3 Å². The molecule has 0 amide bonds. The molecule has 11 aromatic rings. The summed E-state index contributed by atoms with van der Waals surface area (Å²) in [7, 11) is 0. The minimum atomic E-state index is 0.576. The highest BCUT2D eigenvalue weighted by molar-refractivity contribution is 7.26. The smallest absolute Gasteiger partial charge is 0.167 e. The first-order valence-corrected chi connectivity index (χ1v) is 17.8. The van der Waals surface area contributed by atoms with E-state index in [1.165, 1.54) is 37.3 Å². The molecule has 0 saturated carbocycles. The van der Waals surface area contributed by atoms with Crippen molar-refractivity contribution in [1.29, 1.82) is 0 Å². The SMILES string of the molecule is c1ccc(-c2nc(-c3cccc4c3oc3ccccc34)nc(-c3cccc4c3sc3cccc(-n5c6ccccc6c6ccccc65)c34)n2)cc1. The Labute approximate surface area is 295 Å². The number of hydrogen-bond acceptors (Lipinski definition) is 5. The van der Waals surface area contributed by atoms with E-state index in [4.69, 9.17) is 19.4 Å². The zero-order valence-corrected chi connectivity index (χ0v) is 27.9. The standard InChI is InChI=1S/C45H26N4OS/c1-2-13-27(14-3-1)43-46-44(33-20-10-18-31-30-17-6-9-25-38(30)50-41(31)33)48-45(47-43)34-21-11-19-32-40-37(24-12-26-39(40)51-42(32)34)49-35-22-7-4-15-28(35)29-16-5-8-23-36(29)49/h1-26H. The van der Waals surface area contributed by atoms with Crippen molar-refractivity contribution in [2.75, 3.05) is 0 Å². The van der Waals surface area contributed by atoms with Crippen LogP contribution in [0.3, 0.4) is 0 Å². The molecule has 51 heavy (non-hydrogen) atoms. The van der Waals surface area contributed by atoms with Crippen LogP contribution in [0.1, 0.15) is 0 Å². The topological polar surface area (TPSA) is 56.7 Å². The van der Waals surface area contributed by atoms with Gasteiger partial charge in [-0.15, -0.1) is 11.3 Å². The highest BCUT2D eigenvalue weighted by atomic mass is 32.1. The maximum Gasteiger partial charge on any atom is 0.167 e. The van der Waals surface area contributed by atoms with Crippen LogP contribution in [0.15, 0.2) is 162 Å². The lowest BCUT2D eigenvalue weighted by Gasteiger charge is -2.11. The number of fused-ring (bicyclic) bond motifs is 9. The van der Waals surface area contributed by atoms with E-state index in [-0.39, 0.29) is 0 Å². The normalized spacial score (nSPS) is 11.9. The second-order valence-corrected chi connectivity index (χ2v) is 13.8. The van der Waals surface area contributed by atoms with Crippen LogP contribution in [-0.2, 0) is 0 Å². The Bertz CT molecular complexity index is 3100. The lowest BCUT2D eigenvalue weighted by molar-refractivity contribution is 0.669. The second-order valence-electron chi connectivity index (χ2n) is 12.8. The van der Waals surface area contributed by atoms with Crippen molar-refractivity contribution in [1.82, 2.24) is 19.5 Å². The summed E-state index contributed by atoms with van der Waals surface area (Å²) in [6, 6.07) is 54.9. The minimum absolute atomic E-state index is 0.576. The molecule has 0 saturated heterocycles. The molecule has 6 heteroatoms. The predicted molar refractivity (Wildman–Crippen MR) is 211 cm³/mol. The van der Waals surface area contributed by atoms with Gasteiger partial charge in [0.2, 0.25) is 0 Å². The van der Waals surface area contributed by atoms with Crippen LogP contribution in [0.25, 0.3) is 104 Å². The molecule has 7 aromatic carbocycles. The summed E-state index contributed by atoms with van der Waals surface area (Å²) < 4.78 is 11.2. The highest BCUT2D eigenvalue weighted by Gasteiger charge is 2.21. The molecule has 0 radical (unpaired) electrons. The van der Waals surface area contributed by atoms with Gasteiger partial charge in [-0.05, 0) is 42.5 Å². The molecule has 238 valence electrons. The molecule has 5 nitrogen and oxygen atoms in total. The summed E-state index contributed by atoms with van der Waals surface area (Å²) in [5.74, 6) is 1.82. The second kappa shape index (κ2) is 10.9. The number of rotatable bonds is 4. The minimum Gasteiger partial charge on any atom is -0.455 e. The molecule has 0 N–H and O–H groups in total. The van der Waals surface area contributed by atoms with Gasteiger partial charge in [0, 0.05) is 52.8 Å². The van der Waals surface area contributed by atoms with Crippen molar-refractivity contribution < 1.29 is 4.42 Å². The first-order valence-electron chi connectivity index (χ1n) is 17.0. The van der Waals surface area contributed by atoms with Gasteiger partial charge in [-0.3, -0.25) is 0 Å². The fraction of sp³-hybridized carbons (Fsp3) is 0. The molecule has 4 aromatic heterocycles. The van der Waals surface area contributed by atoms with Crippen LogP contribution >= 0.6 is 11.3 Å². The van der Waals surface area contributed by atoms with Crippen molar-refractivity contribution in [3.63, 3.8) is 0 Å². The number of benzene rings is 7. The van der Waals surface area contributed by atoms with Gasteiger partial charge in [-0.1, -0.05) is 115 Å². The zero-order chi connectivity index (χ0) is 33.5. The molecule has 0 aliphatic carbocycles.